The third kappa shape index (κ3) is 4.48. The van der Waals surface area contributed by atoms with Crippen LogP contribution in [0.5, 0.6) is 0 Å². The van der Waals surface area contributed by atoms with Crippen LogP contribution in [0.15, 0.2) is 24.3 Å². The van der Waals surface area contributed by atoms with Gasteiger partial charge in [-0.25, -0.2) is 0 Å². The van der Waals surface area contributed by atoms with E-state index in [-0.39, 0.29) is 0 Å². The molecule has 0 heterocycles. The third-order valence-corrected chi connectivity index (χ3v) is 2.73. The van der Waals surface area contributed by atoms with E-state index in [1.165, 1.54) is 24.0 Å². The van der Waals surface area contributed by atoms with E-state index >= 15 is 0 Å². The Morgan fingerprint density at radius 3 is 2.33 bits per heavy atom. The molecule has 1 aromatic carbocycles. The highest BCUT2D eigenvalue weighted by Crippen LogP contribution is 2.09. The maximum atomic E-state index is 3.55. The van der Waals surface area contributed by atoms with Crippen LogP contribution < -0.4 is 5.32 Å². The largest absolute Gasteiger partial charge is 0.314 e. The monoisotopic (exact) mass is 205 g/mol. The Bertz CT molecular complexity index is 257. The quantitative estimate of drug-likeness (QED) is 0.751. The van der Waals surface area contributed by atoms with E-state index in [9.17, 15) is 0 Å². The minimum Gasteiger partial charge on any atom is -0.314 e. The second-order valence-electron chi connectivity index (χ2n) is 4.23. The van der Waals surface area contributed by atoms with Crippen molar-refractivity contribution in [2.24, 2.45) is 0 Å². The number of rotatable bonds is 6. The third-order valence-electron chi connectivity index (χ3n) is 2.73. The Balaban J connectivity index is 2.53. The predicted molar refractivity (Wildman–Crippen MR) is 67.3 cm³/mol. The lowest BCUT2D eigenvalue weighted by molar-refractivity contribution is 0.486. The van der Waals surface area contributed by atoms with E-state index in [1.807, 2.05) is 0 Å². The van der Waals surface area contributed by atoms with Gasteiger partial charge < -0.3 is 5.32 Å². The van der Waals surface area contributed by atoms with E-state index in [1.54, 1.807) is 0 Å². The summed E-state index contributed by atoms with van der Waals surface area (Å²) in [6.07, 6.45) is 3.67. The minimum atomic E-state index is 0.641. The van der Waals surface area contributed by atoms with Gasteiger partial charge in [0.25, 0.3) is 0 Å². The molecule has 0 aliphatic heterocycles. The Morgan fingerprint density at radius 1 is 1.13 bits per heavy atom. The van der Waals surface area contributed by atoms with Gasteiger partial charge in [-0.15, -0.1) is 0 Å². The fourth-order valence-electron chi connectivity index (χ4n) is 1.92. The first-order valence-electron chi connectivity index (χ1n) is 6.05. The van der Waals surface area contributed by atoms with Crippen LogP contribution in [-0.2, 0) is 6.42 Å². The fourth-order valence-corrected chi connectivity index (χ4v) is 1.92. The van der Waals surface area contributed by atoms with Crippen LogP contribution in [0.1, 0.15) is 37.8 Å². The molecule has 0 aromatic heterocycles. The van der Waals surface area contributed by atoms with Crippen LogP contribution in [0.3, 0.4) is 0 Å². The average molecular weight is 205 g/mol. The Hall–Kier alpha value is -0.820. The number of likely N-dealkylation sites (N-methyl/N-ethyl adjacent to an activating group) is 1. The summed E-state index contributed by atoms with van der Waals surface area (Å²) >= 11 is 0. The molecule has 1 aromatic rings. The smallest absolute Gasteiger partial charge is 0.0107 e. The molecule has 0 saturated carbocycles. The Labute approximate surface area is 93.9 Å². The molecular weight excluding hydrogens is 182 g/mol. The van der Waals surface area contributed by atoms with Gasteiger partial charge in [0.15, 0.2) is 0 Å². The Morgan fingerprint density at radius 2 is 1.80 bits per heavy atom. The number of hydrogen-bond acceptors (Lipinski definition) is 1. The van der Waals surface area contributed by atoms with Crippen LogP contribution >= 0.6 is 0 Å². The predicted octanol–water partition coefficient (Wildman–Crippen LogP) is 3.32. The van der Waals surface area contributed by atoms with E-state index < -0.39 is 0 Å². The first-order valence-corrected chi connectivity index (χ1v) is 6.05. The molecule has 15 heavy (non-hydrogen) atoms. The summed E-state index contributed by atoms with van der Waals surface area (Å²) in [5.74, 6) is 0. The van der Waals surface area contributed by atoms with Crippen molar-refractivity contribution in [1.29, 1.82) is 0 Å². The lowest BCUT2D eigenvalue weighted by atomic mass is 10.0. The highest BCUT2D eigenvalue weighted by atomic mass is 14.9. The highest BCUT2D eigenvalue weighted by Gasteiger charge is 2.06. The number of hydrogen-bond donors (Lipinski definition) is 1. The minimum absolute atomic E-state index is 0.641. The van der Waals surface area contributed by atoms with Crippen LogP contribution in [0.2, 0.25) is 0 Å². The molecule has 0 bridgehead atoms. The van der Waals surface area contributed by atoms with Crippen molar-refractivity contribution >= 4 is 0 Å². The van der Waals surface area contributed by atoms with Crippen LogP contribution in [-0.4, -0.2) is 12.6 Å². The average Bonchev–Trinajstić information content (AvgIpc) is 2.22. The standard InChI is InChI=1S/C14H23N/c1-4-6-14(15-5-2)11-13-9-7-12(3)8-10-13/h7-10,14-15H,4-6,11H2,1-3H3. The summed E-state index contributed by atoms with van der Waals surface area (Å²) in [5.41, 5.74) is 2.79. The molecule has 84 valence electrons. The summed E-state index contributed by atoms with van der Waals surface area (Å²) in [7, 11) is 0. The fraction of sp³-hybridized carbons (Fsp3) is 0.571. The van der Waals surface area contributed by atoms with E-state index in [4.69, 9.17) is 0 Å². The number of aryl methyl sites for hydroxylation is 1. The summed E-state index contributed by atoms with van der Waals surface area (Å²) < 4.78 is 0. The van der Waals surface area contributed by atoms with Gasteiger partial charge >= 0.3 is 0 Å². The molecule has 0 radical (unpaired) electrons. The van der Waals surface area contributed by atoms with Crippen molar-refractivity contribution < 1.29 is 0 Å². The Kier molecular flexibility index (Phi) is 5.41. The molecule has 0 spiro atoms. The molecule has 0 amide bonds. The van der Waals surface area contributed by atoms with E-state index in [0.717, 1.165) is 13.0 Å². The van der Waals surface area contributed by atoms with Crippen molar-refractivity contribution in [3.05, 3.63) is 35.4 Å². The SMILES string of the molecule is CCCC(Cc1ccc(C)cc1)NCC. The van der Waals surface area contributed by atoms with Crippen molar-refractivity contribution in [2.45, 2.75) is 46.1 Å². The molecule has 0 aliphatic rings. The van der Waals surface area contributed by atoms with Crippen molar-refractivity contribution in [1.82, 2.24) is 5.32 Å². The topological polar surface area (TPSA) is 12.0 Å². The van der Waals surface area contributed by atoms with Gasteiger partial charge in [-0.05, 0) is 31.9 Å². The first kappa shape index (κ1) is 12.3. The lowest BCUT2D eigenvalue weighted by Crippen LogP contribution is -2.30. The molecule has 1 atom stereocenters. The molecule has 1 nitrogen and oxygen atoms in total. The zero-order chi connectivity index (χ0) is 11.1. The molecule has 0 saturated heterocycles. The highest BCUT2D eigenvalue weighted by molar-refractivity contribution is 5.22. The number of benzene rings is 1. The normalized spacial score (nSPS) is 12.7. The van der Waals surface area contributed by atoms with Crippen molar-refractivity contribution in [3.63, 3.8) is 0 Å². The van der Waals surface area contributed by atoms with Crippen LogP contribution in [0.4, 0.5) is 0 Å². The first-order chi connectivity index (χ1) is 7.26. The molecule has 1 heteroatoms. The molecule has 0 fully saturated rings. The van der Waals surface area contributed by atoms with Gasteiger partial charge in [-0.3, -0.25) is 0 Å². The second-order valence-corrected chi connectivity index (χ2v) is 4.23. The van der Waals surface area contributed by atoms with Gasteiger partial charge in [0.1, 0.15) is 0 Å². The van der Waals surface area contributed by atoms with Crippen LogP contribution in [0.25, 0.3) is 0 Å². The summed E-state index contributed by atoms with van der Waals surface area (Å²) in [5, 5.41) is 3.55. The van der Waals surface area contributed by atoms with E-state index in [2.05, 4.69) is 50.4 Å². The van der Waals surface area contributed by atoms with Gasteiger partial charge in [0.05, 0.1) is 0 Å². The van der Waals surface area contributed by atoms with Crippen molar-refractivity contribution in [3.8, 4) is 0 Å². The number of nitrogens with one attached hydrogen (secondary N) is 1. The lowest BCUT2D eigenvalue weighted by Gasteiger charge is -2.17. The van der Waals surface area contributed by atoms with E-state index in [0.29, 0.717) is 6.04 Å². The van der Waals surface area contributed by atoms with Gasteiger partial charge in [0.2, 0.25) is 0 Å². The molecule has 1 N–H and O–H groups in total. The zero-order valence-corrected chi connectivity index (χ0v) is 10.2. The van der Waals surface area contributed by atoms with Gasteiger partial charge in [-0.2, -0.15) is 0 Å². The molecular formula is C14H23N. The molecule has 1 unspecified atom stereocenters. The maximum Gasteiger partial charge on any atom is 0.0107 e. The summed E-state index contributed by atoms with van der Waals surface area (Å²) in [6.45, 7) is 7.63. The maximum absolute atomic E-state index is 3.55. The second kappa shape index (κ2) is 6.62. The van der Waals surface area contributed by atoms with Crippen LogP contribution in [0, 0.1) is 6.92 Å². The van der Waals surface area contributed by atoms with Gasteiger partial charge in [-0.1, -0.05) is 50.1 Å². The summed E-state index contributed by atoms with van der Waals surface area (Å²) in [6, 6.07) is 9.53. The van der Waals surface area contributed by atoms with Crippen molar-refractivity contribution in [2.75, 3.05) is 6.54 Å². The summed E-state index contributed by atoms with van der Waals surface area (Å²) in [4.78, 5) is 0. The van der Waals surface area contributed by atoms with Gasteiger partial charge in [0, 0.05) is 6.04 Å². The molecule has 0 aliphatic carbocycles. The molecule has 1 rings (SSSR count). The zero-order valence-electron chi connectivity index (χ0n) is 10.2.